The lowest BCUT2D eigenvalue weighted by Gasteiger charge is -2.08. The first-order valence-electron chi connectivity index (χ1n) is 4.92. The molecule has 3 atom stereocenters. The van der Waals surface area contributed by atoms with Gasteiger partial charge in [-0.1, -0.05) is 0 Å². The van der Waals surface area contributed by atoms with Gasteiger partial charge in [0.1, 0.15) is 0 Å². The van der Waals surface area contributed by atoms with E-state index < -0.39 is 43.5 Å². The number of hydrogen-bond acceptors (Lipinski definition) is 9. The number of aliphatic hydroxyl groups excluding tert-OH is 6. The molecule has 0 aliphatic carbocycles. The molecule has 0 aliphatic heterocycles. The van der Waals surface area contributed by atoms with Crippen molar-refractivity contribution >= 4 is 11.9 Å². The Bertz CT molecular complexity index is 220. The predicted octanol–water partition coefficient (Wildman–Crippen LogP) is -3.88. The standard InChI is InChI=1S/C6H10O7.C3H8O2/c7-1-3(9)5(11)13-6(12)4(10)2-8;1-3(5)2-4/h3-4,7-10H,1-2H2;3-5H,2H2,1H3. The Morgan fingerprint density at radius 2 is 1.17 bits per heavy atom. The van der Waals surface area contributed by atoms with Crippen molar-refractivity contribution in [3.05, 3.63) is 0 Å². The summed E-state index contributed by atoms with van der Waals surface area (Å²) in [6.45, 7) is -0.386. The van der Waals surface area contributed by atoms with Crippen LogP contribution in [0.1, 0.15) is 6.92 Å². The number of esters is 2. The van der Waals surface area contributed by atoms with Crippen molar-refractivity contribution in [3.63, 3.8) is 0 Å². The lowest BCUT2D eigenvalue weighted by atomic mass is 10.3. The van der Waals surface area contributed by atoms with Gasteiger partial charge < -0.3 is 35.4 Å². The van der Waals surface area contributed by atoms with Crippen LogP contribution in [0, 0.1) is 0 Å². The van der Waals surface area contributed by atoms with Gasteiger partial charge in [0.25, 0.3) is 0 Å². The molecule has 0 saturated carbocycles. The van der Waals surface area contributed by atoms with Crippen LogP contribution in [-0.2, 0) is 14.3 Å². The first-order chi connectivity index (χ1) is 8.29. The van der Waals surface area contributed by atoms with Crippen LogP contribution in [0.2, 0.25) is 0 Å². The minimum atomic E-state index is -1.82. The molecule has 0 aliphatic rings. The summed E-state index contributed by atoms with van der Waals surface area (Å²) < 4.78 is 3.86. The Morgan fingerprint density at radius 1 is 0.889 bits per heavy atom. The van der Waals surface area contributed by atoms with Gasteiger partial charge in [-0.15, -0.1) is 0 Å². The molecule has 9 nitrogen and oxygen atoms in total. The average Bonchev–Trinajstić information content (AvgIpc) is 2.36. The Kier molecular flexibility index (Phi) is 11.8. The lowest BCUT2D eigenvalue weighted by molar-refractivity contribution is -0.173. The van der Waals surface area contributed by atoms with E-state index in [9.17, 15) is 9.59 Å². The number of carbonyl (C=O) groups is 2. The Hall–Kier alpha value is -1.10. The van der Waals surface area contributed by atoms with Gasteiger partial charge in [0, 0.05) is 0 Å². The topological polar surface area (TPSA) is 165 Å². The van der Waals surface area contributed by atoms with Crippen LogP contribution in [-0.4, -0.2) is 80.7 Å². The van der Waals surface area contributed by atoms with Gasteiger partial charge in [0.15, 0.2) is 12.2 Å². The molecule has 0 fully saturated rings. The quantitative estimate of drug-likeness (QED) is 0.216. The van der Waals surface area contributed by atoms with Crippen LogP contribution in [0.4, 0.5) is 0 Å². The van der Waals surface area contributed by atoms with E-state index in [1.807, 2.05) is 0 Å². The molecular formula is C9H18O9. The van der Waals surface area contributed by atoms with E-state index in [1.165, 1.54) is 6.92 Å². The minimum Gasteiger partial charge on any atom is -0.394 e. The van der Waals surface area contributed by atoms with Crippen molar-refractivity contribution in [2.45, 2.75) is 25.2 Å². The van der Waals surface area contributed by atoms with E-state index in [0.717, 1.165) is 0 Å². The average molecular weight is 270 g/mol. The summed E-state index contributed by atoms with van der Waals surface area (Å²) >= 11 is 0. The fourth-order valence-electron chi connectivity index (χ4n) is 0.384. The zero-order valence-electron chi connectivity index (χ0n) is 9.76. The number of aliphatic hydroxyl groups is 6. The summed E-state index contributed by atoms with van der Waals surface area (Å²) in [5.41, 5.74) is 0. The molecule has 0 aromatic carbocycles. The molecule has 9 heteroatoms. The van der Waals surface area contributed by atoms with E-state index in [0.29, 0.717) is 0 Å². The molecule has 0 amide bonds. The zero-order valence-corrected chi connectivity index (χ0v) is 9.76. The maximum atomic E-state index is 10.6. The molecule has 3 unspecified atom stereocenters. The molecule has 6 N–H and O–H groups in total. The first kappa shape index (κ1) is 19.2. The van der Waals surface area contributed by atoms with Crippen LogP contribution in [0.25, 0.3) is 0 Å². The molecular weight excluding hydrogens is 252 g/mol. The van der Waals surface area contributed by atoms with Crippen molar-refractivity contribution in [1.82, 2.24) is 0 Å². The molecule has 0 spiro atoms. The smallest absolute Gasteiger partial charge is 0.345 e. The molecule has 0 aromatic heterocycles. The highest BCUT2D eigenvalue weighted by Gasteiger charge is 2.23. The third-order valence-corrected chi connectivity index (χ3v) is 1.36. The van der Waals surface area contributed by atoms with Crippen LogP contribution in [0.3, 0.4) is 0 Å². The van der Waals surface area contributed by atoms with Gasteiger partial charge in [-0.3, -0.25) is 0 Å². The summed E-state index contributed by atoms with van der Waals surface area (Å²) in [5.74, 6) is -2.75. The van der Waals surface area contributed by atoms with Crippen LogP contribution in [0.15, 0.2) is 0 Å². The fourth-order valence-corrected chi connectivity index (χ4v) is 0.384. The van der Waals surface area contributed by atoms with Crippen molar-refractivity contribution in [1.29, 1.82) is 0 Å². The van der Waals surface area contributed by atoms with Crippen molar-refractivity contribution < 1.29 is 45.0 Å². The molecule has 0 heterocycles. The predicted molar refractivity (Wildman–Crippen MR) is 56.1 cm³/mol. The van der Waals surface area contributed by atoms with E-state index in [1.54, 1.807) is 0 Å². The van der Waals surface area contributed by atoms with Gasteiger partial charge in [-0.2, -0.15) is 0 Å². The Balaban J connectivity index is 0. The third kappa shape index (κ3) is 10.1. The summed E-state index contributed by atoms with van der Waals surface area (Å²) in [5, 5.41) is 49.7. The molecule has 0 radical (unpaired) electrons. The monoisotopic (exact) mass is 270 g/mol. The van der Waals surface area contributed by atoms with Crippen LogP contribution in [0.5, 0.6) is 0 Å². The molecule has 0 saturated heterocycles. The van der Waals surface area contributed by atoms with Gasteiger partial charge in [0.2, 0.25) is 0 Å². The summed E-state index contributed by atoms with van der Waals surface area (Å²) in [6, 6.07) is 0. The minimum absolute atomic E-state index is 0.139. The van der Waals surface area contributed by atoms with E-state index in [2.05, 4.69) is 4.74 Å². The van der Waals surface area contributed by atoms with Gasteiger partial charge in [-0.05, 0) is 6.92 Å². The normalized spacial score (nSPS) is 14.8. The largest absolute Gasteiger partial charge is 0.394 e. The summed E-state index contributed by atoms with van der Waals surface area (Å²) in [6.07, 6.45) is -4.21. The van der Waals surface area contributed by atoms with Gasteiger partial charge in [-0.25, -0.2) is 9.59 Å². The van der Waals surface area contributed by atoms with E-state index in [-0.39, 0.29) is 6.61 Å². The van der Waals surface area contributed by atoms with Crippen LogP contribution >= 0.6 is 0 Å². The maximum absolute atomic E-state index is 10.6. The number of rotatable bonds is 5. The fraction of sp³-hybridized carbons (Fsp3) is 0.778. The van der Waals surface area contributed by atoms with E-state index >= 15 is 0 Å². The van der Waals surface area contributed by atoms with Gasteiger partial charge >= 0.3 is 11.9 Å². The first-order valence-corrected chi connectivity index (χ1v) is 4.92. The molecule has 0 aromatic rings. The number of hydrogen-bond donors (Lipinski definition) is 6. The Labute approximate surface area is 103 Å². The highest BCUT2D eigenvalue weighted by molar-refractivity contribution is 5.89. The second-order valence-electron chi connectivity index (χ2n) is 3.17. The molecule has 0 bridgehead atoms. The summed E-state index contributed by atoms with van der Waals surface area (Å²) in [4.78, 5) is 21.1. The van der Waals surface area contributed by atoms with Gasteiger partial charge in [0.05, 0.1) is 25.9 Å². The number of carbonyl (C=O) groups excluding carboxylic acids is 2. The molecule has 18 heavy (non-hydrogen) atoms. The van der Waals surface area contributed by atoms with Crippen LogP contribution < -0.4 is 0 Å². The highest BCUT2D eigenvalue weighted by Crippen LogP contribution is 1.92. The number of ether oxygens (including phenoxy) is 1. The van der Waals surface area contributed by atoms with Crippen molar-refractivity contribution in [2.24, 2.45) is 0 Å². The third-order valence-electron chi connectivity index (χ3n) is 1.36. The van der Waals surface area contributed by atoms with Crippen molar-refractivity contribution in [2.75, 3.05) is 19.8 Å². The zero-order chi connectivity index (χ0) is 14.7. The van der Waals surface area contributed by atoms with E-state index in [4.69, 9.17) is 30.6 Å². The molecule has 0 rings (SSSR count). The molecule has 108 valence electrons. The lowest BCUT2D eigenvalue weighted by Crippen LogP contribution is -2.34. The maximum Gasteiger partial charge on any atom is 0.345 e. The SMILES string of the molecule is CC(O)CO.O=C(OC(=O)C(O)CO)C(O)CO. The second-order valence-corrected chi connectivity index (χ2v) is 3.17. The van der Waals surface area contributed by atoms with Crippen molar-refractivity contribution in [3.8, 4) is 0 Å². The summed E-state index contributed by atoms with van der Waals surface area (Å²) in [7, 11) is 0. The second kappa shape index (κ2) is 11.0. The highest BCUT2D eigenvalue weighted by atomic mass is 16.6. The Morgan fingerprint density at radius 3 is 1.33 bits per heavy atom.